The Kier molecular flexibility index (Phi) is 6.22. The number of carbonyl (C=O) groups is 1. The van der Waals surface area contributed by atoms with Crippen LogP contribution in [0.2, 0.25) is 5.02 Å². The fraction of sp³-hybridized carbons (Fsp3) is 0.174. The Bertz CT molecular complexity index is 963. The molecule has 0 atom stereocenters. The van der Waals surface area contributed by atoms with Gasteiger partial charge in [0.1, 0.15) is 11.5 Å². The van der Waals surface area contributed by atoms with Crippen molar-refractivity contribution in [2.45, 2.75) is 12.8 Å². The van der Waals surface area contributed by atoms with Gasteiger partial charge in [0.2, 0.25) is 0 Å². The minimum absolute atomic E-state index is 0.114. The molecular weight excluding hydrogens is 376 g/mol. The number of rotatable bonds is 7. The average Bonchev–Trinajstić information content (AvgIpc) is 2.71. The monoisotopic (exact) mass is 396 g/mol. The van der Waals surface area contributed by atoms with Crippen LogP contribution in [0.3, 0.4) is 0 Å². The number of benzene rings is 3. The lowest BCUT2D eigenvalue weighted by Crippen LogP contribution is -2.05. The molecule has 0 unspecified atom stereocenters. The van der Waals surface area contributed by atoms with E-state index in [1.807, 2.05) is 54.6 Å². The maximum absolute atomic E-state index is 11.5. The molecule has 28 heavy (non-hydrogen) atoms. The SMILES string of the molecule is COc1ccc(Cc2ccc(C(=O)O)c(Cl)c2Cc2ccc(OC)cc2)cc1. The van der Waals surface area contributed by atoms with E-state index in [1.165, 1.54) is 0 Å². The number of hydrogen-bond donors (Lipinski definition) is 1. The summed E-state index contributed by atoms with van der Waals surface area (Å²) in [7, 11) is 3.25. The number of ether oxygens (including phenoxy) is 2. The van der Waals surface area contributed by atoms with Crippen molar-refractivity contribution in [2.24, 2.45) is 0 Å². The Morgan fingerprint density at radius 3 is 1.79 bits per heavy atom. The Morgan fingerprint density at radius 2 is 1.32 bits per heavy atom. The fourth-order valence-corrected chi connectivity index (χ4v) is 3.43. The van der Waals surface area contributed by atoms with Crippen LogP contribution in [0.4, 0.5) is 0 Å². The molecule has 0 heterocycles. The number of carboxylic acid groups (broad SMARTS) is 1. The Labute approximate surface area is 169 Å². The second kappa shape index (κ2) is 8.81. The minimum atomic E-state index is -1.03. The molecule has 0 fully saturated rings. The van der Waals surface area contributed by atoms with E-state index in [1.54, 1.807) is 20.3 Å². The van der Waals surface area contributed by atoms with Crippen LogP contribution in [0.5, 0.6) is 11.5 Å². The molecule has 3 aromatic rings. The zero-order chi connectivity index (χ0) is 20.1. The van der Waals surface area contributed by atoms with Crippen LogP contribution in [0.25, 0.3) is 0 Å². The lowest BCUT2D eigenvalue weighted by Gasteiger charge is -2.15. The summed E-state index contributed by atoms with van der Waals surface area (Å²) in [6.07, 6.45) is 1.19. The molecule has 3 rings (SSSR count). The largest absolute Gasteiger partial charge is 0.497 e. The second-order valence-electron chi connectivity index (χ2n) is 6.42. The van der Waals surface area contributed by atoms with E-state index in [0.29, 0.717) is 12.8 Å². The first kappa shape index (κ1) is 19.8. The highest BCUT2D eigenvalue weighted by molar-refractivity contribution is 6.34. The molecule has 144 valence electrons. The third-order valence-corrected chi connectivity index (χ3v) is 5.10. The Balaban J connectivity index is 1.97. The van der Waals surface area contributed by atoms with Crippen molar-refractivity contribution < 1.29 is 19.4 Å². The van der Waals surface area contributed by atoms with Gasteiger partial charge in [-0.2, -0.15) is 0 Å². The summed E-state index contributed by atoms with van der Waals surface area (Å²) in [5, 5.41) is 9.73. The number of methoxy groups -OCH3 is 2. The molecular formula is C23H21ClO4. The lowest BCUT2D eigenvalue weighted by atomic mass is 9.93. The molecule has 0 aliphatic rings. The van der Waals surface area contributed by atoms with Crippen LogP contribution in [0.15, 0.2) is 60.7 Å². The first-order chi connectivity index (χ1) is 13.5. The quantitative estimate of drug-likeness (QED) is 0.593. The van der Waals surface area contributed by atoms with E-state index in [2.05, 4.69) is 0 Å². The number of carboxylic acids is 1. The molecule has 0 saturated heterocycles. The average molecular weight is 397 g/mol. The van der Waals surface area contributed by atoms with Crippen molar-refractivity contribution >= 4 is 17.6 Å². The van der Waals surface area contributed by atoms with Crippen LogP contribution in [-0.4, -0.2) is 25.3 Å². The van der Waals surface area contributed by atoms with E-state index >= 15 is 0 Å². The molecule has 0 aliphatic heterocycles. The van der Waals surface area contributed by atoms with Crippen molar-refractivity contribution in [3.63, 3.8) is 0 Å². The molecule has 4 nitrogen and oxygen atoms in total. The zero-order valence-electron chi connectivity index (χ0n) is 15.7. The van der Waals surface area contributed by atoms with Gasteiger partial charge in [-0.3, -0.25) is 0 Å². The predicted octanol–water partition coefficient (Wildman–Crippen LogP) is 5.24. The molecule has 0 amide bonds. The third-order valence-electron chi connectivity index (χ3n) is 4.66. The van der Waals surface area contributed by atoms with Gasteiger partial charge in [0.05, 0.1) is 24.8 Å². The van der Waals surface area contributed by atoms with Crippen LogP contribution in [0.1, 0.15) is 32.6 Å². The third kappa shape index (κ3) is 4.46. The smallest absolute Gasteiger partial charge is 0.337 e. The molecule has 0 bridgehead atoms. The topological polar surface area (TPSA) is 55.8 Å². The number of aromatic carboxylic acids is 1. The molecule has 0 aliphatic carbocycles. The van der Waals surface area contributed by atoms with Crippen molar-refractivity contribution in [3.8, 4) is 11.5 Å². The van der Waals surface area contributed by atoms with E-state index in [4.69, 9.17) is 21.1 Å². The molecule has 0 saturated carbocycles. The van der Waals surface area contributed by atoms with Gasteiger partial charge in [0.15, 0.2) is 0 Å². The summed E-state index contributed by atoms with van der Waals surface area (Å²) in [5.74, 6) is 0.533. The molecule has 0 radical (unpaired) electrons. The highest BCUT2D eigenvalue weighted by atomic mass is 35.5. The summed E-state index contributed by atoms with van der Waals surface area (Å²) in [6.45, 7) is 0. The summed E-state index contributed by atoms with van der Waals surface area (Å²) >= 11 is 6.51. The standard InChI is InChI=1S/C23H21ClO4/c1-27-18-8-3-15(4-9-18)13-17-7-12-20(23(25)26)22(24)21(17)14-16-5-10-19(28-2)11-6-16/h3-12H,13-14H2,1-2H3,(H,25,26). The molecule has 0 spiro atoms. The summed E-state index contributed by atoms with van der Waals surface area (Å²) < 4.78 is 10.4. The van der Waals surface area contributed by atoms with Crippen molar-refractivity contribution in [1.82, 2.24) is 0 Å². The van der Waals surface area contributed by atoms with Crippen molar-refractivity contribution in [2.75, 3.05) is 14.2 Å². The minimum Gasteiger partial charge on any atom is -0.497 e. The maximum Gasteiger partial charge on any atom is 0.337 e. The molecule has 3 aromatic carbocycles. The van der Waals surface area contributed by atoms with Crippen LogP contribution in [-0.2, 0) is 12.8 Å². The van der Waals surface area contributed by atoms with Crippen LogP contribution in [0, 0.1) is 0 Å². The first-order valence-corrected chi connectivity index (χ1v) is 9.19. The molecule has 1 N–H and O–H groups in total. The van der Waals surface area contributed by atoms with Gasteiger partial charge in [-0.05, 0) is 65.4 Å². The van der Waals surface area contributed by atoms with Gasteiger partial charge in [0, 0.05) is 0 Å². The summed E-state index contributed by atoms with van der Waals surface area (Å²) in [5.41, 5.74) is 4.05. The van der Waals surface area contributed by atoms with Gasteiger partial charge in [-0.1, -0.05) is 41.9 Å². The Morgan fingerprint density at radius 1 is 0.821 bits per heavy atom. The van der Waals surface area contributed by atoms with Gasteiger partial charge in [0.25, 0.3) is 0 Å². The van der Waals surface area contributed by atoms with Gasteiger partial charge >= 0.3 is 5.97 Å². The molecule has 5 heteroatoms. The second-order valence-corrected chi connectivity index (χ2v) is 6.80. The predicted molar refractivity (Wildman–Crippen MR) is 110 cm³/mol. The van der Waals surface area contributed by atoms with E-state index in [0.717, 1.165) is 33.8 Å². The highest BCUT2D eigenvalue weighted by Gasteiger charge is 2.17. The van der Waals surface area contributed by atoms with E-state index in [9.17, 15) is 9.90 Å². The van der Waals surface area contributed by atoms with Gasteiger partial charge < -0.3 is 14.6 Å². The lowest BCUT2D eigenvalue weighted by molar-refractivity contribution is 0.0697. The highest BCUT2D eigenvalue weighted by Crippen LogP contribution is 2.30. The summed E-state index contributed by atoms with van der Waals surface area (Å²) in [6, 6.07) is 18.9. The Hall–Kier alpha value is -2.98. The first-order valence-electron chi connectivity index (χ1n) is 8.81. The van der Waals surface area contributed by atoms with Crippen molar-refractivity contribution in [3.05, 3.63) is 93.5 Å². The van der Waals surface area contributed by atoms with Gasteiger partial charge in [-0.15, -0.1) is 0 Å². The van der Waals surface area contributed by atoms with Crippen LogP contribution < -0.4 is 9.47 Å². The van der Waals surface area contributed by atoms with Crippen molar-refractivity contribution in [1.29, 1.82) is 0 Å². The van der Waals surface area contributed by atoms with E-state index in [-0.39, 0.29) is 10.6 Å². The summed E-state index contributed by atoms with van der Waals surface area (Å²) in [4.78, 5) is 11.5. The molecule has 0 aromatic heterocycles. The maximum atomic E-state index is 11.5. The zero-order valence-corrected chi connectivity index (χ0v) is 16.5. The fourth-order valence-electron chi connectivity index (χ4n) is 3.09. The van der Waals surface area contributed by atoms with E-state index < -0.39 is 5.97 Å². The van der Waals surface area contributed by atoms with Gasteiger partial charge in [-0.25, -0.2) is 4.79 Å². The number of halogens is 1. The van der Waals surface area contributed by atoms with Crippen LogP contribution >= 0.6 is 11.6 Å². The number of hydrogen-bond acceptors (Lipinski definition) is 3. The normalized spacial score (nSPS) is 10.5.